The van der Waals surface area contributed by atoms with E-state index in [-0.39, 0.29) is 5.76 Å². The third-order valence-corrected chi connectivity index (χ3v) is 5.04. The molecule has 1 heterocycles. The van der Waals surface area contributed by atoms with Crippen molar-refractivity contribution < 1.29 is 33.6 Å². The maximum absolute atomic E-state index is 12.7. The molecule has 0 fully saturated rings. The summed E-state index contributed by atoms with van der Waals surface area (Å²) in [6.07, 6.45) is 4.28. The number of phenols is 1. The molecule has 176 valence electrons. The third-order valence-electron chi connectivity index (χ3n) is 5.04. The van der Waals surface area contributed by atoms with Gasteiger partial charge in [-0.15, -0.1) is 0 Å². The number of nitrogens with zero attached hydrogens (tertiary/aromatic N) is 1. The van der Waals surface area contributed by atoms with Crippen molar-refractivity contribution in [1.29, 1.82) is 0 Å². The molecule has 0 atom stereocenters. The first-order chi connectivity index (χ1) is 16.3. The number of unbranched alkanes of at least 4 members (excludes halogenated alkanes) is 1. The van der Waals surface area contributed by atoms with Gasteiger partial charge < -0.3 is 14.3 Å². The number of nitro benzene ring substituents is 1. The number of carbonyl (C=O) groups is 3. The lowest BCUT2D eigenvalue weighted by Gasteiger charge is -2.09. The Balaban J connectivity index is 1.89. The summed E-state index contributed by atoms with van der Waals surface area (Å²) in [5.41, 5.74) is 1.25. The number of phenolic OH excluding ortho intramolecular Hbond substituents is 1. The van der Waals surface area contributed by atoms with Crippen molar-refractivity contribution in [3.63, 3.8) is 0 Å². The highest BCUT2D eigenvalue weighted by Crippen LogP contribution is 2.33. The van der Waals surface area contributed by atoms with E-state index >= 15 is 0 Å². The Bertz CT molecular complexity index is 1250. The van der Waals surface area contributed by atoms with Crippen molar-refractivity contribution in [3.8, 4) is 16.9 Å². The number of aromatic hydroxyl groups is 1. The Kier molecular flexibility index (Phi) is 7.39. The average molecular weight is 467 g/mol. The summed E-state index contributed by atoms with van der Waals surface area (Å²) >= 11 is 0. The molecule has 0 unspecified atom stereocenters. The van der Waals surface area contributed by atoms with E-state index in [1.807, 2.05) is 24.3 Å². The summed E-state index contributed by atoms with van der Waals surface area (Å²) < 4.78 is 10.1. The van der Waals surface area contributed by atoms with Crippen LogP contribution in [0.15, 0.2) is 53.1 Å². The Morgan fingerprint density at radius 2 is 1.82 bits per heavy atom. The van der Waals surface area contributed by atoms with Crippen molar-refractivity contribution >= 4 is 23.5 Å². The fourth-order valence-corrected chi connectivity index (χ4v) is 3.35. The van der Waals surface area contributed by atoms with E-state index in [1.165, 1.54) is 12.3 Å². The predicted molar refractivity (Wildman–Crippen MR) is 119 cm³/mol. The number of nitrogen functional groups attached to an aromatic ring is 1. The van der Waals surface area contributed by atoms with Crippen molar-refractivity contribution in [3.05, 3.63) is 81.3 Å². The number of rotatable bonds is 8. The normalized spacial score (nSPS) is 10.5. The number of benzene rings is 2. The Morgan fingerprint density at radius 1 is 1.12 bits per heavy atom. The van der Waals surface area contributed by atoms with Crippen molar-refractivity contribution in [1.82, 2.24) is 5.43 Å². The number of amides is 1. The smallest absolute Gasteiger partial charge is 0.382 e. The first kappa shape index (κ1) is 24.1. The lowest BCUT2D eigenvalue weighted by atomic mass is 10.0. The van der Waals surface area contributed by atoms with Gasteiger partial charge in [-0.3, -0.25) is 20.3 Å². The Labute approximate surface area is 193 Å². The second kappa shape index (κ2) is 10.4. The van der Waals surface area contributed by atoms with Crippen LogP contribution in [-0.4, -0.2) is 27.9 Å². The maximum Gasteiger partial charge on any atom is 0.382 e. The van der Waals surface area contributed by atoms with Crippen molar-refractivity contribution in [2.45, 2.75) is 26.2 Å². The highest BCUT2D eigenvalue weighted by atomic mass is 16.6. The topological polar surface area (TPSA) is 175 Å². The van der Waals surface area contributed by atoms with Gasteiger partial charge in [0.25, 0.3) is 5.91 Å². The highest BCUT2D eigenvalue weighted by Gasteiger charge is 2.33. The lowest BCUT2D eigenvalue weighted by Crippen LogP contribution is -2.32. The molecule has 0 saturated carbocycles. The molecule has 2 aromatic carbocycles. The van der Waals surface area contributed by atoms with Crippen LogP contribution in [0.2, 0.25) is 0 Å². The fraction of sp³-hybridized carbons (Fsp3) is 0.174. The van der Waals surface area contributed by atoms with Crippen LogP contribution in [0.3, 0.4) is 0 Å². The Morgan fingerprint density at radius 3 is 2.44 bits per heavy atom. The van der Waals surface area contributed by atoms with E-state index in [1.54, 1.807) is 5.43 Å². The number of hydrogen-bond donors (Lipinski definition) is 3. The summed E-state index contributed by atoms with van der Waals surface area (Å²) in [7, 11) is 0. The average Bonchev–Trinajstić information content (AvgIpc) is 3.32. The highest BCUT2D eigenvalue weighted by molar-refractivity contribution is 6.12. The van der Waals surface area contributed by atoms with Gasteiger partial charge >= 0.3 is 17.6 Å². The molecule has 0 aliphatic carbocycles. The number of nitrogens with one attached hydrogen (secondary N) is 1. The van der Waals surface area contributed by atoms with E-state index < -0.39 is 45.3 Å². The van der Waals surface area contributed by atoms with E-state index in [9.17, 15) is 29.6 Å². The van der Waals surface area contributed by atoms with Gasteiger partial charge in [0, 0.05) is 5.56 Å². The van der Waals surface area contributed by atoms with Crippen LogP contribution in [0.1, 0.15) is 56.6 Å². The van der Waals surface area contributed by atoms with Crippen LogP contribution in [0.5, 0.6) is 5.75 Å². The van der Waals surface area contributed by atoms with Gasteiger partial charge in [0.1, 0.15) is 5.56 Å². The largest absolute Gasteiger partial charge is 0.502 e. The van der Waals surface area contributed by atoms with Gasteiger partial charge in [-0.2, -0.15) is 0 Å². The van der Waals surface area contributed by atoms with Crippen LogP contribution in [-0.2, 0) is 11.2 Å². The van der Waals surface area contributed by atoms with Crippen molar-refractivity contribution in [2.75, 3.05) is 0 Å². The molecule has 0 radical (unpaired) electrons. The number of furan rings is 1. The number of nitro groups is 1. The summed E-state index contributed by atoms with van der Waals surface area (Å²) in [5.74, 6) is 0.136. The SMILES string of the molecule is CCCCc1ccc(-c2ccoc2C(=O)OC(=O)c2ccc(O)c([N+](=O)[O-])c2C(=O)NN)cc1. The maximum atomic E-state index is 12.7. The molecule has 11 heteroatoms. The molecule has 4 N–H and O–H groups in total. The predicted octanol–water partition coefficient (Wildman–Crippen LogP) is 3.50. The number of nitrogens with two attached hydrogens (primary N) is 1. The molecule has 0 aliphatic heterocycles. The summed E-state index contributed by atoms with van der Waals surface area (Å²) in [6, 6.07) is 10.7. The second-order valence-electron chi connectivity index (χ2n) is 7.23. The van der Waals surface area contributed by atoms with Crippen LogP contribution >= 0.6 is 0 Å². The van der Waals surface area contributed by atoms with Crippen LogP contribution in [0.25, 0.3) is 11.1 Å². The molecule has 11 nitrogen and oxygen atoms in total. The minimum atomic E-state index is -1.37. The molecule has 34 heavy (non-hydrogen) atoms. The van der Waals surface area contributed by atoms with E-state index in [4.69, 9.17) is 15.0 Å². The van der Waals surface area contributed by atoms with Gasteiger partial charge in [-0.1, -0.05) is 37.6 Å². The summed E-state index contributed by atoms with van der Waals surface area (Å²) in [5, 5.41) is 21.1. The van der Waals surface area contributed by atoms with Crippen molar-refractivity contribution in [2.24, 2.45) is 5.84 Å². The van der Waals surface area contributed by atoms with E-state index in [0.29, 0.717) is 11.1 Å². The standard InChI is InChI=1S/C23H21N3O8/c1-2-3-4-13-5-7-14(8-6-13)15-11-12-33-20(15)23(30)34-22(29)16-9-10-17(27)19(26(31)32)18(16)21(28)25-24/h5-12,27H,2-4,24H2,1H3,(H,25,28). The van der Waals surface area contributed by atoms with Gasteiger partial charge in [0.05, 0.1) is 16.7 Å². The molecule has 0 bridgehead atoms. The van der Waals surface area contributed by atoms with Crippen LogP contribution < -0.4 is 11.3 Å². The van der Waals surface area contributed by atoms with Gasteiger partial charge in [0.15, 0.2) is 5.75 Å². The molecular formula is C23H21N3O8. The number of hydrogen-bond acceptors (Lipinski definition) is 9. The zero-order chi connectivity index (χ0) is 24.8. The number of aryl methyl sites for hydroxylation is 1. The molecule has 1 amide bonds. The number of ether oxygens (including phenoxy) is 1. The monoisotopic (exact) mass is 467 g/mol. The van der Waals surface area contributed by atoms with Gasteiger partial charge in [-0.05, 0) is 42.2 Å². The molecular weight excluding hydrogens is 446 g/mol. The molecule has 0 saturated heterocycles. The quantitative estimate of drug-likeness (QED) is 0.112. The Hall–Kier alpha value is -4.51. The van der Waals surface area contributed by atoms with E-state index in [0.717, 1.165) is 37.0 Å². The summed E-state index contributed by atoms with van der Waals surface area (Å²) in [6.45, 7) is 2.10. The van der Waals surface area contributed by atoms with Gasteiger partial charge in [0.2, 0.25) is 5.76 Å². The van der Waals surface area contributed by atoms with E-state index in [2.05, 4.69) is 6.92 Å². The zero-order valence-electron chi connectivity index (χ0n) is 18.1. The molecule has 0 spiro atoms. The number of hydrazine groups is 1. The van der Waals surface area contributed by atoms with Gasteiger partial charge in [-0.25, -0.2) is 15.4 Å². The first-order valence-corrected chi connectivity index (χ1v) is 10.2. The molecule has 1 aromatic heterocycles. The first-order valence-electron chi connectivity index (χ1n) is 10.2. The van der Waals surface area contributed by atoms with Crippen LogP contribution in [0.4, 0.5) is 5.69 Å². The molecule has 3 rings (SSSR count). The molecule has 3 aromatic rings. The van der Waals surface area contributed by atoms with Crippen LogP contribution in [0, 0.1) is 10.1 Å². The number of carbonyl (C=O) groups excluding carboxylic acids is 3. The number of esters is 2. The zero-order valence-corrected chi connectivity index (χ0v) is 18.1. The second-order valence-corrected chi connectivity index (χ2v) is 7.23. The third kappa shape index (κ3) is 4.94. The summed E-state index contributed by atoms with van der Waals surface area (Å²) in [4.78, 5) is 47.7. The fourth-order valence-electron chi connectivity index (χ4n) is 3.35. The molecule has 0 aliphatic rings. The lowest BCUT2D eigenvalue weighted by molar-refractivity contribution is -0.386. The minimum absolute atomic E-state index is 0.271. The minimum Gasteiger partial charge on any atom is -0.502 e.